The summed E-state index contributed by atoms with van der Waals surface area (Å²) < 4.78 is 0. The van der Waals surface area contributed by atoms with Crippen molar-refractivity contribution in [3.8, 4) is 0 Å². The number of rotatable bonds is 5. The van der Waals surface area contributed by atoms with E-state index in [1.54, 1.807) is 0 Å². The van der Waals surface area contributed by atoms with Crippen LogP contribution in [0.25, 0.3) is 0 Å². The highest BCUT2D eigenvalue weighted by Crippen LogP contribution is 2.64. The lowest BCUT2D eigenvalue weighted by atomic mass is 9.50. The maximum Gasteiger partial charge on any atom is 0.328 e. The van der Waals surface area contributed by atoms with Crippen LogP contribution in [0.1, 0.15) is 66.7 Å². The van der Waals surface area contributed by atoms with Gasteiger partial charge in [0.15, 0.2) is 0 Å². The third-order valence-corrected chi connectivity index (χ3v) is 7.12. The number of allylic oxidation sites excluding steroid dienone is 3. The van der Waals surface area contributed by atoms with Gasteiger partial charge in [-0.25, -0.2) is 4.79 Å². The van der Waals surface area contributed by atoms with E-state index >= 15 is 0 Å². The van der Waals surface area contributed by atoms with Crippen LogP contribution in [-0.4, -0.2) is 17.4 Å². The predicted octanol–water partition coefficient (Wildman–Crippen LogP) is 4.78. The van der Waals surface area contributed by atoms with E-state index in [1.807, 2.05) is 6.92 Å². The highest BCUT2D eigenvalue weighted by molar-refractivity contribution is 5.80. The molecule has 0 aliphatic heterocycles. The zero-order chi connectivity index (χ0) is 17.4. The first-order valence-corrected chi connectivity index (χ1v) is 8.70. The van der Waals surface area contributed by atoms with Gasteiger partial charge in [-0.05, 0) is 74.2 Å². The molecule has 3 nitrogen and oxygen atoms in total. The van der Waals surface area contributed by atoms with Crippen molar-refractivity contribution in [1.29, 1.82) is 0 Å². The number of aldehydes is 1. The lowest BCUT2D eigenvalue weighted by Crippen LogP contribution is -2.46. The van der Waals surface area contributed by atoms with Gasteiger partial charge in [0.05, 0.1) is 0 Å². The van der Waals surface area contributed by atoms with Gasteiger partial charge in [-0.3, -0.25) is 4.79 Å². The number of hydrogen-bond donors (Lipinski definition) is 1. The van der Waals surface area contributed by atoms with Crippen molar-refractivity contribution in [3.63, 3.8) is 0 Å². The highest BCUT2D eigenvalue weighted by atomic mass is 16.4. The second-order valence-corrected chi connectivity index (χ2v) is 8.22. The van der Waals surface area contributed by atoms with Crippen LogP contribution < -0.4 is 0 Å². The Kier molecular flexibility index (Phi) is 4.89. The molecular formula is C20H30O3. The first kappa shape index (κ1) is 18.0. The Balaban J connectivity index is 2.26. The van der Waals surface area contributed by atoms with Crippen LogP contribution in [0.5, 0.6) is 0 Å². The van der Waals surface area contributed by atoms with Crippen LogP contribution in [0, 0.1) is 22.7 Å². The Labute approximate surface area is 139 Å². The first-order valence-electron chi connectivity index (χ1n) is 8.70. The molecule has 1 fully saturated rings. The van der Waals surface area contributed by atoms with Gasteiger partial charge in [0.1, 0.15) is 6.29 Å². The van der Waals surface area contributed by atoms with Crippen LogP contribution >= 0.6 is 0 Å². The average molecular weight is 318 g/mol. The van der Waals surface area contributed by atoms with Crippen LogP contribution in [0.4, 0.5) is 0 Å². The van der Waals surface area contributed by atoms with Gasteiger partial charge in [-0.1, -0.05) is 31.9 Å². The second kappa shape index (κ2) is 6.26. The number of fused-ring (bicyclic) bond motifs is 1. The molecule has 0 saturated heterocycles. The molecule has 0 aromatic rings. The summed E-state index contributed by atoms with van der Waals surface area (Å²) in [5, 5.41) is 8.91. The van der Waals surface area contributed by atoms with Gasteiger partial charge < -0.3 is 5.11 Å². The maximum atomic E-state index is 11.5. The quantitative estimate of drug-likeness (QED) is 0.586. The summed E-state index contributed by atoms with van der Waals surface area (Å²) in [6, 6.07) is 0. The molecule has 0 aromatic heterocycles. The van der Waals surface area contributed by atoms with E-state index in [2.05, 4.69) is 27.7 Å². The van der Waals surface area contributed by atoms with Crippen molar-refractivity contribution in [3.05, 3.63) is 22.8 Å². The molecule has 4 atom stereocenters. The summed E-state index contributed by atoms with van der Waals surface area (Å²) in [5.74, 6) is 0.212. The SMILES string of the molecule is CC1=C(C=O)C[C@@H]2[C@@](C)(CC/C(C)=C/C(=O)O)[C@H](C)CC[C@@]12C. The Morgan fingerprint density at radius 3 is 2.61 bits per heavy atom. The number of carboxylic acid groups (broad SMARTS) is 1. The number of carbonyl (C=O) groups excluding carboxylic acids is 1. The Morgan fingerprint density at radius 2 is 2.04 bits per heavy atom. The van der Waals surface area contributed by atoms with E-state index in [4.69, 9.17) is 5.11 Å². The standard InChI is InChI=1S/C20H30O3/c1-13(10-18(22)23)6-8-19(4)14(2)7-9-20(5)15(3)16(12-21)11-17(19)20/h10,12,14,17H,6-9,11H2,1-5H3,(H,22,23)/b13-10+/t14-,17-,19+,20+/m1/s1. The maximum absolute atomic E-state index is 11.5. The minimum absolute atomic E-state index is 0.127. The molecule has 0 spiro atoms. The number of carbonyl (C=O) groups is 2. The molecule has 0 heterocycles. The molecule has 23 heavy (non-hydrogen) atoms. The van der Waals surface area contributed by atoms with E-state index < -0.39 is 5.97 Å². The van der Waals surface area contributed by atoms with Crippen molar-refractivity contribution >= 4 is 12.3 Å². The molecule has 0 aromatic carbocycles. The molecule has 2 aliphatic rings. The number of aliphatic carboxylic acids is 1. The Hall–Kier alpha value is -1.38. The predicted molar refractivity (Wildman–Crippen MR) is 92.1 cm³/mol. The van der Waals surface area contributed by atoms with Crippen molar-refractivity contribution in [1.82, 2.24) is 0 Å². The normalized spacial score (nSPS) is 37.7. The van der Waals surface area contributed by atoms with E-state index in [1.165, 1.54) is 18.1 Å². The lowest BCUT2D eigenvalue weighted by Gasteiger charge is -2.54. The molecule has 1 N–H and O–H groups in total. The van der Waals surface area contributed by atoms with Gasteiger partial charge >= 0.3 is 5.97 Å². The zero-order valence-electron chi connectivity index (χ0n) is 15.1. The molecule has 1 saturated carbocycles. The summed E-state index contributed by atoms with van der Waals surface area (Å²) >= 11 is 0. The number of carboxylic acids is 1. The van der Waals surface area contributed by atoms with Crippen molar-refractivity contribution < 1.29 is 14.7 Å². The molecule has 0 unspecified atom stereocenters. The van der Waals surface area contributed by atoms with E-state index in [9.17, 15) is 9.59 Å². The molecule has 3 heteroatoms. The van der Waals surface area contributed by atoms with Crippen molar-refractivity contribution in [2.24, 2.45) is 22.7 Å². The molecular weight excluding hydrogens is 288 g/mol. The van der Waals surface area contributed by atoms with Gasteiger partial charge in [-0.15, -0.1) is 0 Å². The van der Waals surface area contributed by atoms with E-state index in [0.717, 1.165) is 43.1 Å². The van der Waals surface area contributed by atoms with Gasteiger partial charge in [0.25, 0.3) is 0 Å². The minimum Gasteiger partial charge on any atom is -0.478 e. The fourth-order valence-corrected chi connectivity index (χ4v) is 5.05. The topological polar surface area (TPSA) is 54.4 Å². The Bertz CT molecular complexity index is 571. The lowest BCUT2D eigenvalue weighted by molar-refractivity contribution is -0.131. The summed E-state index contributed by atoms with van der Waals surface area (Å²) in [6.45, 7) is 11.0. The van der Waals surface area contributed by atoms with Crippen LogP contribution in [0.3, 0.4) is 0 Å². The van der Waals surface area contributed by atoms with Gasteiger partial charge in [0.2, 0.25) is 0 Å². The zero-order valence-corrected chi connectivity index (χ0v) is 15.1. The van der Waals surface area contributed by atoms with Crippen molar-refractivity contribution in [2.45, 2.75) is 66.7 Å². The Morgan fingerprint density at radius 1 is 1.39 bits per heavy atom. The summed E-state index contributed by atoms with van der Waals surface area (Å²) in [7, 11) is 0. The third-order valence-electron chi connectivity index (χ3n) is 7.12. The van der Waals surface area contributed by atoms with Crippen molar-refractivity contribution in [2.75, 3.05) is 0 Å². The minimum atomic E-state index is -0.865. The summed E-state index contributed by atoms with van der Waals surface area (Å²) in [5.41, 5.74) is 3.48. The van der Waals surface area contributed by atoms with Crippen LogP contribution in [0.15, 0.2) is 22.8 Å². The van der Waals surface area contributed by atoms with Crippen LogP contribution in [0.2, 0.25) is 0 Å². The first-order chi connectivity index (χ1) is 10.6. The summed E-state index contributed by atoms with van der Waals surface area (Å²) in [6.07, 6.45) is 7.40. The fourth-order valence-electron chi connectivity index (χ4n) is 5.05. The van der Waals surface area contributed by atoms with Gasteiger partial charge in [0, 0.05) is 6.08 Å². The highest BCUT2D eigenvalue weighted by Gasteiger charge is 2.55. The molecule has 2 rings (SSSR count). The molecule has 0 amide bonds. The monoisotopic (exact) mass is 318 g/mol. The van der Waals surface area contributed by atoms with E-state index in [0.29, 0.717) is 11.8 Å². The summed E-state index contributed by atoms with van der Waals surface area (Å²) in [4.78, 5) is 22.3. The van der Waals surface area contributed by atoms with Crippen LogP contribution in [-0.2, 0) is 9.59 Å². The molecule has 128 valence electrons. The number of hydrogen-bond acceptors (Lipinski definition) is 2. The molecule has 2 aliphatic carbocycles. The van der Waals surface area contributed by atoms with Gasteiger partial charge in [-0.2, -0.15) is 0 Å². The van der Waals surface area contributed by atoms with E-state index in [-0.39, 0.29) is 10.8 Å². The average Bonchev–Trinajstić information content (AvgIpc) is 2.74. The molecule has 0 radical (unpaired) electrons. The smallest absolute Gasteiger partial charge is 0.328 e. The third kappa shape index (κ3) is 3.02. The largest absolute Gasteiger partial charge is 0.478 e. The fraction of sp³-hybridized carbons (Fsp3) is 0.700. The second-order valence-electron chi connectivity index (χ2n) is 8.22. The molecule has 0 bridgehead atoms.